The third-order valence-electron chi connectivity index (χ3n) is 4.13. The average molecular weight is 394 g/mol. The number of nitrogens with one attached hydrogen (secondary N) is 3. The molecule has 1 aromatic heterocycles. The molecule has 0 spiro atoms. The number of ether oxygens (including phenoxy) is 1. The average Bonchev–Trinajstić information content (AvgIpc) is 3.04. The highest BCUT2D eigenvalue weighted by molar-refractivity contribution is 5.88. The van der Waals surface area contributed by atoms with Crippen LogP contribution in [0.2, 0.25) is 0 Å². The first kappa shape index (κ1) is 20.4. The number of H-pyrrole nitrogens is 1. The molecule has 0 radical (unpaired) electrons. The second-order valence-electron chi connectivity index (χ2n) is 7.76. The van der Waals surface area contributed by atoms with E-state index in [1.807, 2.05) is 36.4 Å². The van der Waals surface area contributed by atoms with E-state index in [0.29, 0.717) is 18.7 Å². The van der Waals surface area contributed by atoms with E-state index in [-0.39, 0.29) is 12.3 Å². The molecule has 3 N–H and O–H groups in total. The van der Waals surface area contributed by atoms with Crippen molar-refractivity contribution < 1.29 is 14.3 Å². The fourth-order valence-electron chi connectivity index (χ4n) is 2.89. The second kappa shape index (κ2) is 8.77. The van der Waals surface area contributed by atoms with Gasteiger partial charge in [-0.05, 0) is 44.5 Å². The van der Waals surface area contributed by atoms with Crippen molar-refractivity contribution in [2.45, 2.75) is 39.2 Å². The number of aromatic amines is 1. The molecule has 3 rings (SSSR count). The Kier molecular flexibility index (Phi) is 6.16. The number of imidazole rings is 1. The minimum absolute atomic E-state index is 0.125. The second-order valence-corrected chi connectivity index (χ2v) is 7.76. The summed E-state index contributed by atoms with van der Waals surface area (Å²) in [7, 11) is 0. The monoisotopic (exact) mass is 394 g/mol. The summed E-state index contributed by atoms with van der Waals surface area (Å²) in [6, 6.07) is 15.0. The number of carbonyl (C=O) groups excluding carboxylic acids is 2. The van der Waals surface area contributed by atoms with Gasteiger partial charge in [0.1, 0.15) is 11.4 Å². The van der Waals surface area contributed by atoms with E-state index < -0.39 is 11.7 Å². The zero-order chi connectivity index (χ0) is 20.9. The van der Waals surface area contributed by atoms with Gasteiger partial charge < -0.3 is 15.0 Å². The number of hydrogen-bond donors (Lipinski definition) is 3. The van der Waals surface area contributed by atoms with Crippen LogP contribution < -0.4 is 10.6 Å². The first-order valence-electron chi connectivity index (χ1n) is 9.58. The zero-order valence-electron chi connectivity index (χ0n) is 16.9. The fourth-order valence-corrected chi connectivity index (χ4v) is 2.89. The summed E-state index contributed by atoms with van der Waals surface area (Å²) in [5, 5.41) is 5.61. The number of amides is 2. The number of carbonyl (C=O) groups is 2. The molecule has 2 aromatic carbocycles. The predicted molar refractivity (Wildman–Crippen MR) is 113 cm³/mol. The molecule has 29 heavy (non-hydrogen) atoms. The first-order valence-corrected chi connectivity index (χ1v) is 9.58. The lowest BCUT2D eigenvalue weighted by Crippen LogP contribution is -2.29. The molecular formula is C22H26N4O3. The van der Waals surface area contributed by atoms with Gasteiger partial charge in [0.15, 0.2) is 0 Å². The topological polar surface area (TPSA) is 96.1 Å². The summed E-state index contributed by atoms with van der Waals surface area (Å²) < 4.78 is 5.28. The lowest BCUT2D eigenvalue weighted by molar-refractivity contribution is -0.120. The largest absolute Gasteiger partial charge is 0.444 e. The number of aromatic nitrogens is 2. The highest BCUT2D eigenvalue weighted by atomic mass is 16.6. The van der Waals surface area contributed by atoms with Gasteiger partial charge in [-0.15, -0.1) is 0 Å². The van der Waals surface area contributed by atoms with E-state index in [0.717, 1.165) is 22.4 Å². The van der Waals surface area contributed by atoms with Crippen LogP contribution in [0.3, 0.4) is 0 Å². The van der Waals surface area contributed by atoms with E-state index in [4.69, 9.17) is 4.74 Å². The molecule has 0 saturated carbocycles. The summed E-state index contributed by atoms with van der Waals surface area (Å²) >= 11 is 0. The molecule has 0 bridgehead atoms. The van der Waals surface area contributed by atoms with Gasteiger partial charge in [-0.1, -0.05) is 30.3 Å². The molecular weight excluding hydrogens is 368 g/mol. The Balaban J connectivity index is 1.53. The van der Waals surface area contributed by atoms with Crippen molar-refractivity contribution in [3.8, 4) is 0 Å². The lowest BCUT2D eigenvalue weighted by atomic mass is 10.1. The molecule has 0 aliphatic heterocycles. The highest BCUT2D eigenvalue weighted by Crippen LogP contribution is 2.17. The number of hydrogen-bond acceptors (Lipinski definition) is 4. The molecule has 1 heterocycles. The number of para-hydroxylation sites is 3. The Morgan fingerprint density at radius 2 is 1.79 bits per heavy atom. The predicted octanol–water partition coefficient (Wildman–Crippen LogP) is 3.81. The van der Waals surface area contributed by atoms with Crippen LogP contribution in [0, 0.1) is 0 Å². The summed E-state index contributed by atoms with van der Waals surface area (Å²) in [6.45, 7) is 5.87. The number of fused-ring (bicyclic) bond motifs is 1. The number of rotatable bonds is 6. The molecule has 0 saturated heterocycles. The summed E-state index contributed by atoms with van der Waals surface area (Å²) in [4.78, 5) is 32.1. The molecule has 7 heteroatoms. The van der Waals surface area contributed by atoms with Gasteiger partial charge in [0, 0.05) is 18.7 Å². The maximum absolute atomic E-state index is 12.4. The van der Waals surface area contributed by atoms with E-state index in [1.54, 1.807) is 32.9 Å². The Hall–Kier alpha value is -3.35. The van der Waals surface area contributed by atoms with Gasteiger partial charge in [-0.25, -0.2) is 9.78 Å². The van der Waals surface area contributed by atoms with E-state index in [9.17, 15) is 9.59 Å². The Labute approximate surface area is 169 Å². The van der Waals surface area contributed by atoms with Crippen molar-refractivity contribution in [3.05, 3.63) is 59.9 Å². The smallest absolute Gasteiger partial charge is 0.412 e. The van der Waals surface area contributed by atoms with E-state index in [1.165, 1.54) is 0 Å². The van der Waals surface area contributed by atoms with Crippen LogP contribution in [0.1, 0.15) is 32.2 Å². The van der Waals surface area contributed by atoms with E-state index in [2.05, 4.69) is 20.6 Å². The van der Waals surface area contributed by atoms with Crippen molar-refractivity contribution in [3.63, 3.8) is 0 Å². The SMILES string of the molecule is CC(C)(C)OC(=O)Nc1ccccc1CC(=O)NCCc1nc2ccccc2[nH]1. The van der Waals surface area contributed by atoms with Gasteiger partial charge in [0.2, 0.25) is 5.91 Å². The van der Waals surface area contributed by atoms with Crippen LogP contribution in [0.4, 0.5) is 10.5 Å². The van der Waals surface area contributed by atoms with Gasteiger partial charge in [0.25, 0.3) is 0 Å². The van der Waals surface area contributed by atoms with Gasteiger partial charge in [0.05, 0.1) is 17.5 Å². The van der Waals surface area contributed by atoms with Crippen LogP contribution in [-0.2, 0) is 22.4 Å². The standard InChI is InChI=1S/C22H26N4O3/c1-22(2,3)29-21(28)26-16-9-5-4-8-15(16)14-20(27)23-13-12-19-24-17-10-6-7-11-18(17)25-19/h4-11H,12-14H2,1-3H3,(H,23,27)(H,24,25)(H,26,28). The minimum atomic E-state index is -0.590. The fraction of sp³-hybridized carbons (Fsp3) is 0.318. The molecule has 7 nitrogen and oxygen atoms in total. The zero-order valence-corrected chi connectivity index (χ0v) is 16.9. The van der Waals surface area contributed by atoms with Crippen molar-refractivity contribution >= 4 is 28.7 Å². The van der Waals surface area contributed by atoms with Crippen LogP contribution in [0.5, 0.6) is 0 Å². The van der Waals surface area contributed by atoms with Crippen molar-refractivity contribution in [1.82, 2.24) is 15.3 Å². The van der Waals surface area contributed by atoms with Crippen molar-refractivity contribution in [1.29, 1.82) is 0 Å². The molecule has 152 valence electrons. The van der Waals surface area contributed by atoms with Crippen LogP contribution in [0.25, 0.3) is 11.0 Å². The molecule has 0 atom stereocenters. The summed E-state index contributed by atoms with van der Waals surface area (Å²) in [6.07, 6.45) is 0.222. The Bertz CT molecular complexity index is 971. The maximum atomic E-state index is 12.4. The third kappa shape index (κ3) is 6.07. The molecule has 0 aliphatic rings. The quantitative estimate of drug-likeness (QED) is 0.592. The number of nitrogens with zero attached hydrogens (tertiary/aromatic N) is 1. The molecule has 0 aliphatic carbocycles. The number of benzene rings is 2. The van der Waals surface area contributed by atoms with Crippen molar-refractivity contribution in [2.75, 3.05) is 11.9 Å². The van der Waals surface area contributed by atoms with Crippen LogP contribution >= 0.6 is 0 Å². The normalized spacial score (nSPS) is 11.3. The molecule has 2 amide bonds. The van der Waals surface area contributed by atoms with Crippen LogP contribution in [-0.4, -0.2) is 34.1 Å². The molecule has 3 aromatic rings. The molecule has 0 fully saturated rings. The Morgan fingerprint density at radius 3 is 2.55 bits per heavy atom. The van der Waals surface area contributed by atoms with Gasteiger partial charge in [-0.2, -0.15) is 0 Å². The third-order valence-corrected chi connectivity index (χ3v) is 4.13. The number of anilines is 1. The summed E-state index contributed by atoms with van der Waals surface area (Å²) in [5.41, 5.74) is 2.59. The Morgan fingerprint density at radius 1 is 1.07 bits per heavy atom. The minimum Gasteiger partial charge on any atom is -0.444 e. The van der Waals surface area contributed by atoms with Gasteiger partial charge >= 0.3 is 6.09 Å². The first-order chi connectivity index (χ1) is 13.8. The van der Waals surface area contributed by atoms with E-state index >= 15 is 0 Å². The molecule has 0 unspecified atom stereocenters. The van der Waals surface area contributed by atoms with Gasteiger partial charge in [-0.3, -0.25) is 10.1 Å². The highest BCUT2D eigenvalue weighted by Gasteiger charge is 2.17. The lowest BCUT2D eigenvalue weighted by Gasteiger charge is -2.20. The van der Waals surface area contributed by atoms with Crippen LogP contribution in [0.15, 0.2) is 48.5 Å². The summed E-state index contributed by atoms with van der Waals surface area (Å²) in [5.74, 6) is 0.707. The van der Waals surface area contributed by atoms with Crippen molar-refractivity contribution in [2.24, 2.45) is 0 Å². The maximum Gasteiger partial charge on any atom is 0.412 e.